The first kappa shape index (κ1) is 12.1. The average Bonchev–Trinajstić information content (AvgIpc) is 2.07. The Kier molecular flexibility index (Phi) is 4.60. The predicted octanol–water partition coefficient (Wildman–Crippen LogP) is 3.11. The van der Waals surface area contributed by atoms with Gasteiger partial charge >= 0.3 is 0 Å². The van der Waals surface area contributed by atoms with E-state index in [-0.39, 0.29) is 5.41 Å². The predicted molar refractivity (Wildman–Crippen MR) is 56.8 cm³/mol. The molecule has 0 spiro atoms. The first-order chi connectivity index (χ1) is 6.02. The van der Waals surface area contributed by atoms with Gasteiger partial charge in [-0.3, -0.25) is 0 Å². The van der Waals surface area contributed by atoms with Gasteiger partial charge < -0.3 is 0 Å². The molecule has 1 rings (SSSR count). The Labute approximate surface area is 81.4 Å². The van der Waals surface area contributed by atoms with Crippen LogP contribution in [0.5, 0.6) is 0 Å². The van der Waals surface area contributed by atoms with E-state index in [0.29, 0.717) is 0 Å². The molecule has 13 heavy (non-hydrogen) atoms. The second-order valence-corrected chi connectivity index (χ2v) is 3.84. The van der Waals surface area contributed by atoms with Crippen molar-refractivity contribution in [2.24, 2.45) is 0 Å². The molecule has 0 radical (unpaired) electrons. The van der Waals surface area contributed by atoms with Crippen molar-refractivity contribution in [2.45, 2.75) is 47.0 Å². The molecule has 0 fully saturated rings. The Hall–Kier alpha value is -0.920. The molecule has 0 aliphatic heterocycles. The number of hydrogen-bond acceptors (Lipinski definition) is 2. The van der Waals surface area contributed by atoms with E-state index in [4.69, 9.17) is 0 Å². The van der Waals surface area contributed by atoms with Crippen LogP contribution in [0.25, 0.3) is 0 Å². The van der Waals surface area contributed by atoms with Gasteiger partial charge in [-0.1, -0.05) is 34.6 Å². The first-order valence-electron chi connectivity index (χ1n) is 4.79. The molecule has 0 N–H and O–H groups in total. The summed E-state index contributed by atoms with van der Waals surface area (Å²) in [5.74, 6) is 0. The van der Waals surface area contributed by atoms with Crippen molar-refractivity contribution >= 4 is 0 Å². The summed E-state index contributed by atoms with van der Waals surface area (Å²) in [6.45, 7) is 12.6. The molecular formula is C11H20N2. The van der Waals surface area contributed by atoms with Gasteiger partial charge in [0.25, 0.3) is 0 Å². The van der Waals surface area contributed by atoms with E-state index < -0.39 is 0 Å². The van der Waals surface area contributed by atoms with Crippen molar-refractivity contribution in [1.29, 1.82) is 0 Å². The normalized spacial score (nSPS) is 10.3. The fraction of sp³-hybridized carbons (Fsp3) is 0.636. The van der Waals surface area contributed by atoms with Gasteiger partial charge in [-0.05, 0) is 23.5 Å². The van der Waals surface area contributed by atoms with Gasteiger partial charge in [0.1, 0.15) is 0 Å². The smallest absolute Gasteiger partial charge is 0.0536 e. The molecule has 2 heteroatoms. The van der Waals surface area contributed by atoms with Crippen LogP contribution in [0.2, 0.25) is 0 Å². The number of hydrogen-bond donors (Lipinski definition) is 0. The van der Waals surface area contributed by atoms with Crippen molar-refractivity contribution in [3.63, 3.8) is 0 Å². The maximum atomic E-state index is 3.86. The van der Waals surface area contributed by atoms with Gasteiger partial charge in [-0.2, -0.15) is 10.2 Å². The molecule has 0 saturated heterocycles. The first-order valence-corrected chi connectivity index (χ1v) is 4.79. The Morgan fingerprint density at radius 3 is 1.77 bits per heavy atom. The van der Waals surface area contributed by atoms with Gasteiger partial charge in [-0.25, -0.2) is 0 Å². The lowest BCUT2D eigenvalue weighted by Gasteiger charge is -2.19. The third-order valence-corrected chi connectivity index (χ3v) is 1.74. The summed E-state index contributed by atoms with van der Waals surface area (Å²) in [7, 11) is 0. The molecular weight excluding hydrogens is 160 g/mol. The van der Waals surface area contributed by atoms with Crippen LogP contribution < -0.4 is 0 Å². The summed E-state index contributed by atoms with van der Waals surface area (Å²) in [5.41, 5.74) is 2.67. The molecule has 74 valence electrons. The van der Waals surface area contributed by atoms with E-state index >= 15 is 0 Å². The van der Waals surface area contributed by atoms with Gasteiger partial charge in [-0.15, -0.1) is 0 Å². The molecule has 2 nitrogen and oxygen atoms in total. The monoisotopic (exact) mass is 180 g/mol. The molecule has 1 aromatic heterocycles. The standard InChI is InChI=1S/C9H14N2.C2H6/c1-7-5-10-11-6-8(7)9(2,3)4;1-2/h5-6H,1-4H3;1-2H3. The van der Waals surface area contributed by atoms with Gasteiger partial charge in [0.2, 0.25) is 0 Å². The van der Waals surface area contributed by atoms with Crippen molar-refractivity contribution in [3.8, 4) is 0 Å². The highest BCUT2D eigenvalue weighted by Gasteiger charge is 2.15. The number of aromatic nitrogens is 2. The number of rotatable bonds is 0. The maximum absolute atomic E-state index is 3.86. The van der Waals surface area contributed by atoms with Gasteiger partial charge in [0.15, 0.2) is 0 Å². The van der Waals surface area contributed by atoms with Crippen LogP contribution in [0.15, 0.2) is 12.4 Å². The molecule has 0 atom stereocenters. The average molecular weight is 180 g/mol. The lowest BCUT2D eigenvalue weighted by molar-refractivity contribution is 0.580. The second-order valence-electron chi connectivity index (χ2n) is 3.84. The lowest BCUT2D eigenvalue weighted by Crippen LogP contribution is -2.13. The van der Waals surface area contributed by atoms with Crippen molar-refractivity contribution in [2.75, 3.05) is 0 Å². The zero-order valence-electron chi connectivity index (χ0n) is 9.55. The van der Waals surface area contributed by atoms with Crippen LogP contribution in [-0.4, -0.2) is 10.2 Å². The van der Waals surface area contributed by atoms with Crippen LogP contribution >= 0.6 is 0 Å². The largest absolute Gasteiger partial charge is 0.159 e. The molecule has 0 saturated carbocycles. The van der Waals surface area contributed by atoms with E-state index in [2.05, 4.69) is 37.9 Å². The minimum Gasteiger partial charge on any atom is -0.159 e. The SMILES string of the molecule is CC.Cc1cnncc1C(C)(C)C. The van der Waals surface area contributed by atoms with Crippen LogP contribution in [0.1, 0.15) is 45.7 Å². The van der Waals surface area contributed by atoms with E-state index in [1.54, 1.807) is 6.20 Å². The summed E-state index contributed by atoms with van der Waals surface area (Å²) in [6.07, 6.45) is 3.65. The fourth-order valence-electron chi connectivity index (χ4n) is 1.17. The highest BCUT2D eigenvalue weighted by molar-refractivity contribution is 5.25. The highest BCUT2D eigenvalue weighted by atomic mass is 15.1. The summed E-state index contributed by atoms with van der Waals surface area (Å²) in [5, 5.41) is 7.67. The Morgan fingerprint density at radius 1 is 1.00 bits per heavy atom. The molecule has 0 aromatic carbocycles. The topological polar surface area (TPSA) is 25.8 Å². The quantitative estimate of drug-likeness (QED) is 0.613. The Bertz CT molecular complexity index is 249. The molecule has 1 aromatic rings. The highest BCUT2D eigenvalue weighted by Crippen LogP contribution is 2.23. The fourth-order valence-corrected chi connectivity index (χ4v) is 1.17. The summed E-state index contributed by atoms with van der Waals surface area (Å²) in [6, 6.07) is 0. The van der Waals surface area contributed by atoms with Gasteiger partial charge in [0.05, 0.1) is 12.4 Å². The Morgan fingerprint density at radius 2 is 1.46 bits per heavy atom. The van der Waals surface area contributed by atoms with Gasteiger partial charge in [0, 0.05) is 0 Å². The lowest BCUT2D eigenvalue weighted by atomic mass is 9.86. The summed E-state index contributed by atoms with van der Waals surface area (Å²) in [4.78, 5) is 0. The van der Waals surface area contributed by atoms with Crippen molar-refractivity contribution in [3.05, 3.63) is 23.5 Å². The molecule has 0 bridgehead atoms. The number of aryl methyl sites for hydroxylation is 1. The Balaban J connectivity index is 0.000000671. The minimum atomic E-state index is 0.181. The van der Waals surface area contributed by atoms with E-state index in [1.165, 1.54) is 11.1 Å². The second kappa shape index (κ2) is 4.95. The zero-order valence-corrected chi connectivity index (χ0v) is 9.55. The van der Waals surface area contributed by atoms with Crippen LogP contribution in [0.3, 0.4) is 0 Å². The number of nitrogens with zero attached hydrogens (tertiary/aromatic N) is 2. The van der Waals surface area contributed by atoms with Crippen molar-refractivity contribution in [1.82, 2.24) is 10.2 Å². The van der Waals surface area contributed by atoms with E-state index in [9.17, 15) is 0 Å². The molecule has 0 amide bonds. The zero-order chi connectivity index (χ0) is 10.5. The molecule has 0 aliphatic carbocycles. The third-order valence-electron chi connectivity index (χ3n) is 1.74. The summed E-state index contributed by atoms with van der Waals surface area (Å²) < 4.78 is 0. The maximum Gasteiger partial charge on any atom is 0.0536 e. The molecule has 1 heterocycles. The summed E-state index contributed by atoms with van der Waals surface area (Å²) >= 11 is 0. The molecule has 0 aliphatic rings. The minimum absolute atomic E-state index is 0.181. The van der Waals surface area contributed by atoms with Crippen LogP contribution in [0.4, 0.5) is 0 Å². The van der Waals surface area contributed by atoms with E-state index in [0.717, 1.165) is 0 Å². The van der Waals surface area contributed by atoms with Crippen LogP contribution in [0, 0.1) is 6.92 Å². The van der Waals surface area contributed by atoms with Crippen molar-refractivity contribution < 1.29 is 0 Å². The third kappa shape index (κ3) is 3.53. The van der Waals surface area contributed by atoms with E-state index in [1.807, 2.05) is 20.0 Å². The molecule has 0 unspecified atom stereocenters. The van der Waals surface area contributed by atoms with Crippen LogP contribution in [-0.2, 0) is 5.41 Å².